The Morgan fingerprint density at radius 2 is 2.04 bits per heavy atom. The molecule has 1 aliphatic heterocycles. The number of phenolic OH excluding ortho intramolecular Hbond substituents is 1. The van der Waals surface area contributed by atoms with E-state index in [0.29, 0.717) is 20.7 Å². The first kappa shape index (κ1) is 20.3. The molecular weight excluding hydrogens is 446 g/mol. The van der Waals surface area contributed by atoms with E-state index in [4.69, 9.17) is 9.47 Å². The maximum atomic E-state index is 12.6. The van der Waals surface area contributed by atoms with Crippen LogP contribution in [0.4, 0.5) is 4.79 Å². The largest absolute Gasteiger partial charge is 0.503 e. The van der Waals surface area contributed by atoms with E-state index in [1.807, 2.05) is 31.2 Å². The fourth-order valence-electron chi connectivity index (χ4n) is 2.64. The van der Waals surface area contributed by atoms with Gasteiger partial charge >= 0.3 is 0 Å². The molecule has 1 N–H and O–H groups in total. The highest BCUT2D eigenvalue weighted by molar-refractivity contribution is 9.10. The van der Waals surface area contributed by atoms with Crippen molar-refractivity contribution >= 4 is 44.9 Å². The Bertz CT molecular complexity index is 960. The second-order valence-corrected chi connectivity index (χ2v) is 7.90. The van der Waals surface area contributed by atoms with Gasteiger partial charge < -0.3 is 14.6 Å². The molecule has 1 fully saturated rings. The van der Waals surface area contributed by atoms with E-state index in [1.165, 1.54) is 12.0 Å². The molecule has 1 heterocycles. The van der Waals surface area contributed by atoms with Gasteiger partial charge in [-0.2, -0.15) is 0 Å². The summed E-state index contributed by atoms with van der Waals surface area (Å²) in [5, 5.41) is 9.55. The van der Waals surface area contributed by atoms with Crippen molar-refractivity contribution in [2.45, 2.75) is 6.92 Å². The number of benzene rings is 2. The number of halogens is 1. The first-order valence-electron chi connectivity index (χ1n) is 8.40. The number of phenols is 1. The predicted molar refractivity (Wildman–Crippen MR) is 112 cm³/mol. The van der Waals surface area contributed by atoms with Gasteiger partial charge in [0.15, 0.2) is 11.5 Å². The molecule has 2 aromatic rings. The molecular formula is C20H18BrNO5S. The van der Waals surface area contributed by atoms with Crippen LogP contribution in [0.2, 0.25) is 0 Å². The van der Waals surface area contributed by atoms with Crippen molar-refractivity contribution in [3.63, 3.8) is 0 Å². The number of carbonyl (C=O) groups excluding carboxylic acids is 2. The molecule has 1 saturated heterocycles. The highest BCUT2D eigenvalue weighted by Crippen LogP contribution is 2.38. The van der Waals surface area contributed by atoms with Gasteiger partial charge in [0, 0.05) is 0 Å². The maximum absolute atomic E-state index is 12.6. The number of carbonyl (C=O) groups is 2. The lowest BCUT2D eigenvalue weighted by Crippen LogP contribution is -2.32. The van der Waals surface area contributed by atoms with Crippen LogP contribution in [0, 0.1) is 6.92 Å². The summed E-state index contributed by atoms with van der Waals surface area (Å²) in [6, 6.07) is 10.8. The Balaban J connectivity index is 1.69. The van der Waals surface area contributed by atoms with Gasteiger partial charge in [0.1, 0.15) is 12.4 Å². The van der Waals surface area contributed by atoms with Crippen LogP contribution in [0.5, 0.6) is 17.2 Å². The minimum Gasteiger partial charge on any atom is -0.503 e. The number of aromatic hydroxyl groups is 1. The van der Waals surface area contributed by atoms with E-state index >= 15 is 0 Å². The van der Waals surface area contributed by atoms with E-state index in [1.54, 1.807) is 18.2 Å². The number of imide groups is 1. The number of thioether (sulfide) groups is 1. The van der Waals surface area contributed by atoms with Crippen molar-refractivity contribution in [2.24, 2.45) is 0 Å². The lowest BCUT2D eigenvalue weighted by Gasteiger charge is -2.13. The molecule has 6 nitrogen and oxygen atoms in total. The van der Waals surface area contributed by atoms with Gasteiger partial charge in [-0.05, 0) is 76.1 Å². The Hall–Kier alpha value is -2.45. The van der Waals surface area contributed by atoms with E-state index < -0.39 is 0 Å². The third-order valence-corrected chi connectivity index (χ3v) is 5.53. The fourth-order valence-corrected chi connectivity index (χ4v) is 3.96. The van der Waals surface area contributed by atoms with Crippen LogP contribution < -0.4 is 9.47 Å². The SMILES string of the molecule is COc1cc(/C=C2\SC(=O)N(CCOc3cccc(C)c3)C2=O)cc(Br)c1O. The third-order valence-electron chi connectivity index (χ3n) is 4.02. The molecule has 28 heavy (non-hydrogen) atoms. The summed E-state index contributed by atoms with van der Waals surface area (Å²) < 4.78 is 11.2. The van der Waals surface area contributed by atoms with Crippen LogP contribution in [0.25, 0.3) is 6.08 Å². The summed E-state index contributed by atoms with van der Waals surface area (Å²) in [5.74, 6) is 0.571. The van der Waals surface area contributed by atoms with E-state index in [-0.39, 0.29) is 35.8 Å². The lowest BCUT2D eigenvalue weighted by molar-refractivity contribution is -0.123. The number of rotatable bonds is 6. The zero-order valence-electron chi connectivity index (χ0n) is 15.3. The van der Waals surface area contributed by atoms with Crippen LogP contribution in [-0.4, -0.2) is 41.4 Å². The molecule has 0 atom stereocenters. The van der Waals surface area contributed by atoms with Crippen molar-refractivity contribution in [3.05, 3.63) is 56.9 Å². The number of nitrogens with zero attached hydrogens (tertiary/aromatic N) is 1. The quantitative estimate of drug-likeness (QED) is 0.631. The maximum Gasteiger partial charge on any atom is 0.293 e. The van der Waals surface area contributed by atoms with Gasteiger partial charge in [-0.3, -0.25) is 14.5 Å². The number of methoxy groups -OCH3 is 1. The monoisotopic (exact) mass is 463 g/mol. The summed E-state index contributed by atoms with van der Waals surface area (Å²) in [6.45, 7) is 2.34. The van der Waals surface area contributed by atoms with Crippen LogP contribution in [0.1, 0.15) is 11.1 Å². The fraction of sp³-hybridized carbons (Fsp3) is 0.200. The molecule has 8 heteroatoms. The molecule has 0 aromatic heterocycles. The average Bonchev–Trinajstić information content (AvgIpc) is 2.92. The van der Waals surface area contributed by atoms with Crippen molar-refractivity contribution in [3.8, 4) is 17.2 Å². The molecule has 0 bridgehead atoms. The van der Waals surface area contributed by atoms with Crippen molar-refractivity contribution in [1.82, 2.24) is 4.90 Å². The van der Waals surface area contributed by atoms with Gasteiger partial charge in [0.2, 0.25) is 0 Å². The Morgan fingerprint density at radius 1 is 1.25 bits per heavy atom. The minimum absolute atomic E-state index is 0.0268. The van der Waals surface area contributed by atoms with E-state index in [9.17, 15) is 14.7 Å². The van der Waals surface area contributed by atoms with Crippen LogP contribution in [0.15, 0.2) is 45.8 Å². The Labute approximate surface area is 175 Å². The average molecular weight is 464 g/mol. The molecule has 1 aliphatic rings. The number of hydrogen-bond donors (Lipinski definition) is 1. The molecule has 0 spiro atoms. The number of hydrogen-bond acceptors (Lipinski definition) is 6. The summed E-state index contributed by atoms with van der Waals surface area (Å²) in [6.07, 6.45) is 1.60. The minimum atomic E-state index is -0.369. The first-order valence-corrected chi connectivity index (χ1v) is 10.0. The van der Waals surface area contributed by atoms with E-state index in [0.717, 1.165) is 17.3 Å². The number of amides is 2. The highest BCUT2D eigenvalue weighted by atomic mass is 79.9. The summed E-state index contributed by atoms with van der Waals surface area (Å²) in [4.78, 5) is 26.3. The van der Waals surface area contributed by atoms with Gasteiger partial charge in [0.05, 0.1) is 23.0 Å². The van der Waals surface area contributed by atoms with Crippen LogP contribution in [0.3, 0.4) is 0 Å². The summed E-state index contributed by atoms with van der Waals surface area (Å²) in [7, 11) is 1.44. The topological polar surface area (TPSA) is 76.1 Å². The smallest absolute Gasteiger partial charge is 0.293 e. The standard InChI is InChI=1S/C20H18BrNO5S/c1-12-4-3-5-14(8-12)27-7-6-22-19(24)17(28-20(22)25)11-13-9-15(21)18(23)16(10-13)26-2/h3-5,8-11,23H,6-7H2,1-2H3/b17-11-. The highest BCUT2D eigenvalue weighted by Gasteiger charge is 2.34. The van der Waals surface area contributed by atoms with Crippen molar-refractivity contribution in [2.75, 3.05) is 20.3 Å². The van der Waals surface area contributed by atoms with Crippen LogP contribution >= 0.6 is 27.7 Å². The number of aryl methyl sites for hydroxylation is 1. The molecule has 0 radical (unpaired) electrons. The normalized spacial score (nSPS) is 15.4. The molecule has 0 unspecified atom stereocenters. The lowest BCUT2D eigenvalue weighted by atomic mass is 10.2. The summed E-state index contributed by atoms with van der Waals surface area (Å²) in [5.41, 5.74) is 1.70. The number of ether oxygens (including phenoxy) is 2. The van der Waals surface area contributed by atoms with Gasteiger partial charge in [-0.15, -0.1) is 0 Å². The van der Waals surface area contributed by atoms with Gasteiger partial charge in [-0.25, -0.2) is 0 Å². The molecule has 2 amide bonds. The van der Waals surface area contributed by atoms with E-state index in [2.05, 4.69) is 15.9 Å². The first-order chi connectivity index (χ1) is 13.4. The van der Waals surface area contributed by atoms with Crippen molar-refractivity contribution in [1.29, 1.82) is 0 Å². The molecule has 3 rings (SSSR count). The molecule has 146 valence electrons. The van der Waals surface area contributed by atoms with Gasteiger partial charge in [0.25, 0.3) is 11.1 Å². The summed E-state index contributed by atoms with van der Waals surface area (Å²) >= 11 is 4.12. The zero-order chi connectivity index (χ0) is 20.3. The zero-order valence-corrected chi connectivity index (χ0v) is 17.7. The second-order valence-electron chi connectivity index (χ2n) is 6.05. The molecule has 2 aromatic carbocycles. The molecule has 0 saturated carbocycles. The third kappa shape index (κ3) is 4.51. The van der Waals surface area contributed by atoms with Gasteiger partial charge in [-0.1, -0.05) is 12.1 Å². The second kappa shape index (κ2) is 8.70. The van der Waals surface area contributed by atoms with Crippen molar-refractivity contribution < 1.29 is 24.2 Å². The van der Waals surface area contributed by atoms with Crippen LogP contribution in [-0.2, 0) is 4.79 Å². The Kier molecular flexibility index (Phi) is 6.31. The molecule has 0 aliphatic carbocycles. The predicted octanol–water partition coefficient (Wildman–Crippen LogP) is 4.59. The Morgan fingerprint density at radius 3 is 2.75 bits per heavy atom.